The molecule has 136 valence electrons. The van der Waals surface area contributed by atoms with Crippen molar-refractivity contribution in [2.45, 2.75) is 32.2 Å². The van der Waals surface area contributed by atoms with Crippen molar-refractivity contribution in [2.24, 2.45) is 5.73 Å². The fraction of sp³-hybridized carbons (Fsp3) is 0.812. The van der Waals surface area contributed by atoms with E-state index in [0.29, 0.717) is 5.95 Å². The molecule has 1 aromatic heterocycles. The highest BCUT2D eigenvalue weighted by Gasteiger charge is 2.27. The third-order valence-electron chi connectivity index (χ3n) is 4.16. The van der Waals surface area contributed by atoms with E-state index in [1.54, 1.807) is 6.33 Å². The van der Waals surface area contributed by atoms with Crippen molar-refractivity contribution in [1.29, 1.82) is 0 Å². The third-order valence-corrected chi connectivity index (χ3v) is 4.16. The Bertz CT molecular complexity index is 493. The molecule has 1 aliphatic heterocycles. The van der Waals surface area contributed by atoms with E-state index in [1.807, 2.05) is 0 Å². The molecule has 24 heavy (non-hydrogen) atoms. The summed E-state index contributed by atoms with van der Waals surface area (Å²) < 4.78 is 0. The Labute approximate surface area is 145 Å². The monoisotopic (exact) mass is 336 g/mol. The molecule has 1 aromatic rings. The van der Waals surface area contributed by atoms with Crippen molar-refractivity contribution >= 4 is 11.9 Å². The number of hydrogen-bond donors (Lipinski definition) is 3. The maximum absolute atomic E-state index is 5.53. The topological polar surface area (TPSA) is 95.2 Å². The number of piperazine rings is 1. The first-order chi connectivity index (χ1) is 11.5. The van der Waals surface area contributed by atoms with E-state index in [9.17, 15) is 0 Å². The maximum atomic E-state index is 5.53. The van der Waals surface area contributed by atoms with Gasteiger partial charge < -0.3 is 26.2 Å². The Morgan fingerprint density at radius 1 is 1.33 bits per heavy atom. The van der Waals surface area contributed by atoms with Gasteiger partial charge in [0.25, 0.3) is 0 Å². The first kappa shape index (κ1) is 18.8. The van der Waals surface area contributed by atoms with Gasteiger partial charge >= 0.3 is 0 Å². The number of nitrogens with two attached hydrogens (primary N) is 1. The van der Waals surface area contributed by atoms with Crippen molar-refractivity contribution in [3.05, 3.63) is 6.33 Å². The fourth-order valence-electron chi connectivity index (χ4n) is 2.86. The van der Waals surface area contributed by atoms with Gasteiger partial charge in [-0.25, -0.2) is 9.97 Å². The second-order valence-corrected chi connectivity index (χ2v) is 7.07. The number of nitrogens with zero attached hydrogens (tertiary/aromatic N) is 5. The Morgan fingerprint density at radius 3 is 2.88 bits per heavy atom. The summed E-state index contributed by atoms with van der Waals surface area (Å²) in [6.07, 6.45) is 3.68. The second-order valence-electron chi connectivity index (χ2n) is 7.07. The van der Waals surface area contributed by atoms with Crippen molar-refractivity contribution in [3.8, 4) is 0 Å². The predicted octanol–water partition coefficient (Wildman–Crippen LogP) is 0.142. The predicted molar refractivity (Wildman–Crippen MR) is 98.4 cm³/mol. The standard InChI is InChI=1S/C16H32N8/c1-16(2)12-24(11-8-21-16)15-20-13-19-14(22-15)18-7-5-10-23(3)9-4-6-17/h13,21H,4-12,17H2,1-3H3,(H,18,19,20,22). The first-order valence-corrected chi connectivity index (χ1v) is 8.82. The SMILES string of the molecule is CN(CCCN)CCCNc1ncnc(N2CCNC(C)(C)C2)n1. The van der Waals surface area contributed by atoms with E-state index in [4.69, 9.17) is 5.73 Å². The molecule has 2 heterocycles. The van der Waals surface area contributed by atoms with Crippen molar-refractivity contribution in [3.63, 3.8) is 0 Å². The van der Waals surface area contributed by atoms with Gasteiger partial charge in [-0.05, 0) is 53.4 Å². The molecule has 1 saturated heterocycles. The van der Waals surface area contributed by atoms with Crippen LogP contribution < -0.4 is 21.3 Å². The average molecular weight is 336 g/mol. The molecular formula is C16H32N8. The lowest BCUT2D eigenvalue weighted by atomic mass is 10.0. The summed E-state index contributed by atoms with van der Waals surface area (Å²) in [5, 5.41) is 6.80. The highest BCUT2D eigenvalue weighted by Crippen LogP contribution is 2.16. The lowest BCUT2D eigenvalue weighted by Crippen LogP contribution is -2.57. The van der Waals surface area contributed by atoms with Crippen LogP contribution in [0.15, 0.2) is 6.33 Å². The molecule has 0 aliphatic carbocycles. The number of rotatable bonds is 9. The summed E-state index contributed by atoms with van der Waals surface area (Å²) in [5.74, 6) is 1.41. The minimum atomic E-state index is 0.0760. The number of anilines is 2. The molecule has 0 aromatic carbocycles. The fourth-order valence-corrected chi connectivity index (χ4v) is 2.86. The quantitative estimate of drug-likeness (QED) is 0.548. The molecule has 0 atom stereocenters. The van der Waals surface area contributed by atoms with Crippen molar-refractivity contribution in [1.82, 2.24) is 25.2 Å². The highest BCUT2D eigenvalue weighted by atomic mass is 15.3. The summed E-state index contributed by atoms with van der Waals surface area (Å²) in [4.78, 5) is 17.6. The molecule has 0 bridgehead atoms. The van der Waals surface area contributed by atoms with Crippen LogP contribution in [0.4, 0.5) is 11.9 Å². The molecule has 0 radical (unpaired) electrons. The Morgan fingerprint density at radius 2 is 2.12 bits per heavy atom. The van der Waals surface area contributed by atoms with Gasteiger partial charge in [0.15, 0.2) is 0 Å². The van der Waals surface area contributed by atoms with Gasteiger partial charge in [0.2, 0.25) is 11.9 Å². The van der Waals surface area contributed by atoms with Crippen LogP contribution in [0.5, 0.6) is 0 Å². The van der Waals surface area contributed by atoms with Crippen LogP contribution in [0.3, 0.4) is 0 Å². The molecule has 8 nitrogen and oxygen atoms in total. The summed E-state index contributed by atoms with van der Waals surface area (Å²) in [6.45, 7) is 10.8. The van der Waals surface area contributed by atoms with Gasteiger partial charge in [-0.3, -0.25) is 0 Å². The molecule has 4 N–H and O–H groups in total. The lowest BCUT2D eigenvalue weighted by molar-refractivity contribution is 0.330. The smallest absolute Gasteiger partial charge is 0.230 e. The van der Waals surface area contributed by atoms with Crippen molar-refractivity contribution < 1.29 is 0 Å². The van der Waals surface area contributed by atoms with Crippen molar-refractivity contribution in [2.75, 3.05) is 63.1 Å². The van der Waals surface area contributed by atoms with E-state index in [1.165, 1.54) is 0 Å². The lowest BCUT2D eigenvalue weighted by Gasteiger charge is -2.39. The molecule has 2 rings (SSSR count). The van der Waals surface area contributed by atoms with Gasteiger partial charge in [-0.2, -0.15) is 4.98 Å². The number of aromatic nitrogens is 3. The zero-order valence-electron chi connectivity index (χ0n) is 15.3. The largest absolute Gasteiger partial charge is 0.354 e. The van der Waals surface area contributed by atoms with E-state index in [-0.39, 0.29) is 5.54 Å². The average Bonchev–Trinajstić information content (AvgIpc) is 2.56. The molecule has 0 amide bonds. The van der Waals surface area contributed by atoms with E-state index in [0.717, 1.165) is 64.6 Å². The van der Waals surface area contributed by atoms with Crippen LogP contribution in [0.25, 0.3) is 0 Å². The molecule has 8 heteroatoms. The van der Waals surface area contributed by atoms with Gasteiger partial charge in [0.05, 0.1) is 0 Å². The van der Waals surface area contributed by atoms with Crippen LogP contribution >= 0.6 is 0 Å². The third kappa shape index (κ3) is 6.18. The van der Waals surface area contributed by atoms with Crippen LogP contribution in [0, 0.1) is 0 Å². The molecule has 0 spiro atoms. The molecule has 0 saturated carbocycles. The minimum Gasteiger partial charge on any atom is -0.354 e. The van der Waals surface area contributed by atoms with Gasteiger partial charge in [-0.15, -0.1) is 0 Å². The van der Waals surface area contributed by atoms with E-state index >= 15 is 0 Å². The van der Waals surface area contributed by atoms with E-state index < -0.39 is 0 Å². The van der Waals surface area contributed by atoms with Crippen LogP contribution in [0.1, 0.15) is 26.7 Å². The van der Waals surface area contributed by atoms with Crippen LogP contribution in [-0.2, 0) is 0 Å². The molecular weight excluding hydrogens is 304 g/mol. The molecule has 0 unspecified atom stereocenters. The minimum absolute atomic E-state index is 0.0760. The van der Waals surface area contributed by atoms with Gasteiger partial charge in [0, 0.05) is 31.7 Å². The van der Waals surface area contributed by atoms with E-state index in [2.05, 4.69) is 56.3 Å². The zero-order chi connectivity index (χ0) is 17.4. The van der Waals surface area contributed by atoms with Crippen LogP contribution in [-0.4, -0.2) is 78.3 Å². The summed E-state index contributed by atoms with van der Waals surface area (Å²) >= 11 is 0. The molecule has 1 fully saturated rings. The van der Waals surface area contributed by atoms with Gasteiger partial charge in [0.1, 0.15) is 6.33 Å². The Kier molecular flexibility index (Phi) is 7.14. The highest BCUT2D eigenvalue weighted by molar-refractivity contribution is 5.37. The Hall–Kier alpha value is -1.51. The van der Waals surface area contributed by atoms with Crippen LogP contribution in [0.2, 0.25) is 0 Å². The second kappa shape index (κ2) is 9.10. The normalized spacial score (nSPS) is 17.3. The van der Waals surface area contributed by atoms with Gasteiger partial charge in [-0.1, -0.05) is 0 Å². The summed E-state index contributed by atoms with van der Waals surface area (Å²) in [6, 6.07) is 0. The number of hydrogen-bond acceptors (Lipinski definition) is 8. The number of nitrogens with one attached hydrogen (secondary N) is 2. The maximum Gasteiger partial charge on any atom is 0.230 e. The summed E-state index contributed by atoms with van der Waals surface area (Å²) in [5.41, 5.74) is 5.61. The summed E-state index contributed by atoms with van der Waals surface area (Å²) in [7, 11) is 2.13. The zero-order valence-corrected chi connectivity index (χ0v) is 15.3. The first-order valence-electron chi connectivity index (χ1n) is 8.82. The molecule has 1 aliphatic rings. The Balaban J connectivity index is 1.78.